The number of amides is 2. The second-order valence-electron chi connectivity index (χ2n) is 18.0. The number of unbranched alkanes of at least 4 members (excludes halogenated alkanes) is 1. The van der Waals surface area contributed by atoms with E-state index in [2.05, 4.69) is 93.6 Å². The number of rotatable bonds is 20. The normalized spacial score (nSPS) is 14.6. The molecule has 0 bridgehead atoms. The number of hydrogen-bond donors (Lipinski definition) is 1. The number of carbonyl (C=O) groups excluding carboxylic acids is 2. The number of para-hydroxylation sites is 2. The fraction of sp³-hybridized carbons (Fsp3) is 0.358. The Kier molecular flexibility index (Phi) is 15.3. The molecule has 6 aromatic rings. The number of thioether (sulfide) groups is 1. The van der Waals surface area contributed by atoms with Gasteiger partial charge in [-0.2, -0.15) is 14.8 Å². The Bertz CT molecular complexity index is 2670. The van der Waals surface area contributed by atoms with Crippen LogP contribution in [0.3, 0.4) is 0 Å². The standard InChI is InChI=1S/C53H60ClN7O4S/c1-9-52(5,6)39-25-29-46(43(34-39)53(7,8)10-2)64-31-17-16-30-55-47(62)33-38-18-14-15-21-44(38)61-50(63)49(48(57-61)37-23-26-40(54)27-24-37)65-45-28-22-35(3)32-42(45)36(4)66-51-56-58-59-60(51)41-19-12-11-13-20-41/h11-15,18-29,32,34,36,49H,9-10,16-17,30-31,33H2,1-8H3,(H,55,62). The molecule has 2 atom stereocenters. The minimum absolute atomic E-state index is 0.0234. The number of aromatic nitrogens is 4. The number of hydrogen-bond acceptors (Lipinski definition) is 9. The maximum absolute atomic E-state index is 14.7. The summed E-state index contributed by atoms with van der Waals surface area (Å²) < 4.78 is 14.8. The molecule has 2 heterocycles. The molecule has 1 aliphatic heterocycles. The average Bonchev–Trinajstić information content (AvgIpc) is 3.92. The van der Waals surface area contributed by atoms with Crippen molar-refractivity contribution >= 4 is 46.6 Å². The molecule has 344 valence electrons. The van der Waals surface area contributed by atoms with Crippen molar-refractivity contribution in [3.05, 3.63) is 154 Å². The largest absolute Gasteiger partial charge is 0.493 e. The van der Waals surface area contributed by atoms with Gasteiger partial charge in [-0.3, -0.25) is 9.59 Å². The van der Waals surface area contributed by atoms with Crippen molar-refractivity contribution in [3.8, 4) is 17.2 Å². The van der Waals surface area contributed by atoms with Gasteiger partial charge < -0.3 is 14.8 Å². The highest BCUT2D eigenvalue weighted by Gasteiger charge is 2.41. The number of hydrazone groups is 1. The van der Waals surface area contributed by atoms with E-state index in [4.69, 9.17) is 26.2 Å². The molecule has 1 aromatic heterocycles. The highest BCUT2D eigenvalue weighted by atomic mass is 35.5. The third kappa shape index (κ3) is 11.2. The second-order valence-corrected chi connectivity index (χ2v) is 19.8. The number of ether oxygens (including phenoxy) is 2. The molecule has 0 saturated carbocycles. The first kappa shape index (κ1) is 48.0. The first-order chi connectivity index (χ1) is 31.7. The summed E-state index contributed by atoms with van der Waals surface area (Å²) in [6, 6.07) is 36.8. The Morgan fingerprint density at radius 3 is 2.32 bits per heavy atom. The van der Waals surface area contributed by atoms with E-state index in [0.717, 1.165) is 48.2 Å². The van der Waals surface area contributed by atoms with Gasteiger partial charge in [0.2, 0.25) is 17.2 Å². The summed E-state index contributed by atoms with van der Waals surface area (Å²) in [7, 11) is 0. The Labute approximate surface area is 398 Å². The van der Waals surface area contributed by atoms with Crippen molar-refractivity contribution in [3.63, 3.8) is 0 Å². The summed E-state index contributed by atoms with van der Waals surface area (Å²) in [6.07, 6.45) is 2.54. The number of halogens is 1. The number of carbonyl (C=O) groups is 2. The molecule has 2 unspecified atom stereocenters. The van der Waals surface area contributed by atoms with Crippen LogP contribution in [0.5, 0.6) is 11.5 Å². The van der Waals surface area contributed by atoms with E-state index in [1.165, 1.54) is 27.9 Å². The van der Waals surface area contributed by atoms with E-state index in [0.29, 0.717) is 51.6 Å². The van der Waals surface area contributed by atoms with Gasteiger partial charge >= 0.3 is 0 Å². The predicted molar refractivity (Wildman–Crippen MR) is 265 cm³/mol. The topological polar surface area (TPSA) is 124 Å². The van der Waals surface area contributed by atoms with Crippen LogP contribution in [0, 0.1) is 6.92 Å². The van der Waals surface area contributed by atoms with E-state index in [9.17, 15) is 9.59 Å². The molecular formula is C53H60ClN7O4S. The van der Waals surface area contributed by atoms with Gasteiger partial charge in [0.15, 0.2) is 0 Å². The number of aryl methyl sites for hydroxylation is 1. The summed E-state index contributed by atoms with van der Waals surface area (Å²) in [4.78, 5) is 28.1. The zero-order chi connectivity index (χ0) is 47.0. The number of nitrogens with one attached hydrogen (secondary N) is 1. The van der Waals surface area contributed by atoms with Gasteiger partial charge in [-0.1, -0.05) is 143 Å². The lowest BCUT2D eigenvalue weighted by Gasteiger charge is -2.30. The summed E-state index contributed by atoms with van der Waals surface area (Å²) in [5.74, 6) is 0.913. The maximum atomic E-state index is 14.7. The Balaban J connectivity index is 1.03. The minimum atomic E-state index is -1.10. The third-order valence-electron chi connectivity index (χ3n) is 12.6. The van der Waals surface area contributed by atoms with Gasteiger partial charge in [0, 0.05) is 33.5 Å². The molecule has 0 radical (unpaired) electrons. The first-order valence-electron chi connectivity index (χ1n) is 22.8. The molecule has 0 saturated heterocycles. The molecule has 0 fully saturated rings. The molecule has 1 aliphatic rings. The number of benzene rings is 5. The minimum Gasteiger partial charge on any atom is -0.493 e. The van der Waals surface area contributed by atoms with Gasteiger partial charge in [-0.05, 0) is 114 Å². The van der Waals surface area contributed by atoms with Gasteiger partial charge in [-0.15, -0.1) is 5.10 Å². The summed E-state index contributed by atoms with van der Waals surface area (Å²) in [5, 5.41) is 22.8. The molecule has 0 spiro atoms. The highest BCUT2D eigenvalue weighted by Crippen LogP contribution is 2.41. The van der Waals surface area contributed by atoms with Crippen LogP contribution in [0.15, 0.2) is 126 Å². The zero-order valence-electron chi connectivity index (χ0n) is 39.2. The van der Waals surface area contributed by atoms with E-state index < -0.39 is 6.10 Å². The van der Waals surface area contributed by atoms with Crippen LogP contribution < -0.4 is 19.8 Å². The molecular weight excluding hydrogens is 866 g/mol. The van der Waals surface area contributed by atoms with Crippen LogP contribution in [-0.4, -0.2) is 57.0 Å². The molecule has 11 nitrogen and oxygen atoms in total. The molecule has 5 aromatic carbocycles. The fourth-order valence-corrected chi connectivity index (χ4v) is 8.79. The van der Waals surface area contributed by atoms with Crippen LogP contribution in [0.2, 0.25) is 5.02 Å². The molecule has 1 N–H and O–H groups in total. The van der Waals surface area contributed by atoms with Crippen LogP contribution in [-0.2, 0) is 26.8 Å². The zero-order valence-corrected chi connectivity index (χ0v) is 40.7. The van der Waals surface area contributed by atoms with Crippen molar-refractivity contribution < 1.29 is 19.1 Å². The Morgan fingerprint density at radius 2 is 1.58 bits per heavy atom. The van der Waals surface area contributed by atoms with Crippen LogP contribution in [0.4, 0.5) is 5.69 Å². The summed E-state index contributed by atoms with van der Waals surface area (Å²) >= 11 is 7.79. The average molecular weight is 927 g/mol. The molecule has 0 aliphatic carbocycles. The lowest BCUT2D eigenvalue weighted by atomic mass is 9.76. The van der Waals surface area contributed by atoms with Crippen molar-refractivity contribution in [2.45, 2.75) is 115 Å². The van der Waals surface area contributed by atoms with Crippen molar-refractivity contribution in [2.24, 2.45) is 5.10 Å². The Hall–Kier alpha value is -5.98. The van der Waals surface area contributed by atoms with Crippen LogP contribution in [0.25, 0.3) is 5.69 Å². The van der Waals surface area contributed by atoms with Crippen LogP contribution >= 0.6 is 23.4 Å². The van der Waals surface area contributed by atoms with Crippen LogP contribution in [0.1, 0.15) is 113 Å². The maximum Gasteiger partial charge on any atom is 0.294 e. The lowest BCUT2D eigenvalue weighted by molar-refractivity contribution is -0.122. The SMILES string of the molecule is CCC(C)(C)c1ccc(OCCCCNC(=O)Cc2ccccc2N2N=C(c3ccc(Cl)cc3)C(Oc3ccc(C)cc3C(C)Sc3nnnn3-c3ccccc3)C2=O)c(C(C)(C)CC)c1. The molecule has 7 rings (SSSR count). The number of anilines is 1. The first-order valence-corrected chi connectivity index (χ1v) is 24.0. The summed E-state index contributed by atoms with van der Waals surface area (Å²) in [5.41, 5.74) is 7.62. The lowest BCUT2D eigenvalue weighted by Crippen LogP contribution is -2.37. The van der Waals surface area contributed by atoms with Gasteiger partial charge in [0.25, 0.3) is 5.91 Å². The van der Waals surface area contributed by atoms with Gasteiger partial charge in [0.05, 0.1) is 24.4 Å². The third-order valence-corrected chi connectivity index (χ3v) is 13.9. The van der Waals surface area contributed by atoms with Crippen molar-refractivity contribution in [2.75, 3.05) is 18.2 Å². The van der Waals surface area contributed by atoms with E-state index >= 15 is 0 Å². The van der Waals surface area contributed by atoms with Gasteiger partial charge in [0.1, 0.15) is 17.2 Å². The van der Waals surface area contributed by atoms with Crippen molar-refractivity contribution in [1.29, 1.82) is 0 Å². The van der Waals surface area contributed by atoms with Crippen molar-refractivity contribution in [1.82, 2.24) is 25.5 Å². The molecule has 13 heteroatoms. The van der Waals surface area contributed by atoms with E-state index in [1.54, 1.807) is 22.9 Å². The Morgan fingerprint density at radius 1 is 0.864 bits per heavy atom. The van der Waals surface area contributed by atoms with Gasteiger partial charge in [-0.25, -0.2) is 0 Å². The van der Waals surface area contributed by atoms with E-state index in [1.807, 2.05) is 79.7 Å². The smallest absolute Gasteiger partial charge is 0.294 e. The second kappa shape index (κ2) is 21.1. The number of tetrazole rings is 1. The molecule has 2 amide bonds. The fourth-order valence-electron chi connectivity index (χ4n) is 7.71. The predicted octanol–water partition coefficient (Wildman–Crippen LogP) is 11.6. The monoisotopic (exact) mass is 925 g/mol. The molecule has 66 heavy (non-hydrogen) atoms. The van der Waals surface area contributed by atoms with E-state index in [-0.39, 0.29) is 34.3 Å². The summed E-state index contributed by atoms with van der Waals surface area (Å²) in [6.45, 7) is 18.7. The quantitative estimate of drug-likeness (QED) is 0.0593. The number of nitrogens with zero attached hydrogens (tertiary/aromatic N) is 6. The highest BCUT2D eigenvalue weighted by molar-refractivity contribution is 7.99.